The molecule has 1 unspecified atom stereocenters. The van der Waals surface area contributed by atoms with E-state index in [1.54, 1.807) is 32.0 Å². The number of nitrogen functional groups attached to an aromatic ring is 1. The number of carbonyl (C=O) groups excluding carboxylic acids is 1. The predicted molar refractivity (Wildman–Crippen MR) is 131 cm³/mol. The van der Waals surface area contributed by atoms with Crippen LogP contribution in [0.25, 0.3) is 0 Å². The van der Waals surface area contributed by atoms with E-state index in [-0.39, 0.29) is 5.75 Å². The first kappa shape index (κ1) is 29.7. The van der Waals surface area contributed by atoms with Gasteiger partial charge in [-0.05, 0) is 46.8 Å². The van der Waals surface area contributed by atoms with Crippen LogP contribution in [0, 0.1) is 5.82 Å². The Bertz CT molecular complexity index is 1250. The number of carbonyl (C=O) groups is 1. The van der Waals surface area contributed by atoms with Crippen molar-refractivity contribution in [2.24, 2.45) is 0 Å². The summed E-state index contributed by atoms with van der Waals surface area (Å²) in [5.74, 6) is -2.40. The van der Waals surface area contributed by atoms with Gasteiger partial charge in [0, 0.05) is 0 Å². The zero-order valence-corrected chi connectivity index (χ0v) is 22.3. The summed E-state index contributed by atoms with van der Waals surface area (Å²) in [5, 5.41) is 13.2. The minimum atomic E-state index is -4.41. The summed E-state index contributed by atoms with van der Waals surface area (Å²) in [6.45, 7) is 6.92. The maximum Gasteiger partial charge on any atom is 0.459 e. The van der Waals surface area contributed by atoms with Crippen molar-refractivity contribution in [2.75, 3.05) is 5.73 Å². The first-order valence-electron chi connectivity index (χ1n) is 11.7. The third-order valence-electron chi connectivity index (χ3n) is 5.64. The van der Waals surface area contributed by atoms with Crippen LogP contribution < -0.4 is 21.0 Å². The van der Waals surface area contributed by atoms with Crippen molar-refractivity contribution in [2.45, 2.75) is 77.0 Å². The molecule has 3 rings (SSSR count). The summed E-state index contributed by atoms with van der Waals surface area (Å²) >= 11 is 0. The molecule has 15 heteroatoms. The minimum absolute atomic E-state index is 0.121. The van der Waals surface area contributed by atoms with E-state index in [0.29, 0.717) is 10.8 Å². The number of para-hydroxylation sites is 1. The molecule has 0 amide bonds. The summed E-state index contributed by atoms with van der Waals surface area (Å²) in [5.41, 5.74) is 1.54. The molecule has 0 aliphatic carbocycles. The lowest BCUT2D eigenvalue weighted by molar-refractivity contribution is -0.149. The average Bonchev–Trinajstić information content (AvgIpc) is 3.05. The second kappa shape index (κ2) is 11.5. The van der Waals surface area contributed by atoms with Gasteiger partial charge in [-0.25, -0.2) is 18.1 Å². The number of esters is 1. The number of hydrogen-bond acceptors (Lipinski definition) is 10. The SMILES string of the molecule is CC(C)OC(=O)[C@H](C)N[P@@](=O)(Oc1ccccc1)O[C@@H](C)[C@H]1O[C@@H](n2cc(F)c(N)nc2=O)[C@](C)(F)C1O. The van der Waals surface area contributed by atoms with Gasteiger partial charge in [-0.2, -0.15) is 10.1 Å². The average molecular weight is 560 g/mol. The molecular formula is C23H31F2N4O8P. The number of aromatic nitrogens is 2. The van der Waals surface area contributed by atoms with E-state index in [1.165, 1.54) is 26.0 Å². The third-order valence-corrected chi connectivity index (χ3v) is 7.40. The molecule has 4 N–H and O–H groups in total. The summed E-state index contributed by atoms with van der Waals surface area (Å²) in [6, 6.07) is 6.74. The summed E-state index contributed by atoms with van der Waals surface area (Å²) in [7, 11) is -4.41. The van der Waals surface area contributed by atoms with Crippen molar-refractivity contribution >= 4 is 19.5 Å². The number of nitrogens with one attached hydrogen (secondary N) is 1. The molecule has 38 heavy (non-hydrogen) atoms. The van der Waals surface area contributed by atoms with Gasteiger partial charge >= 0.3 is 19.4 Å². The first-order chi connectivity index (χ1) is 17.6. The van der Waals surface area contributed by atoms with E-state index >= 15 is 4.39 Å². The van der Waals surface area contributed by atoms with Gasteiger partial charge in [0.05, 0.1) is 18.4 Å². The van der Waals surface area contributed by atoms with Crippen molar-refractivity contribution in [3.63, 3.8) is 0 Å². The number of nitrogens with zero attached hydrogens (tertiary/aromatic N) is 2. The zero-order chi connectivity index (χ0) is 28.4. The van der Waals surface area contributed by atoms with Crippen LogP contribution in [0.1, 0.15) is 40.8 Å². The molecule has 12 nitrogen and oxygen atoms in total. The molecule has 0 radical (unpaired) electrons. The van der Waals surface area contributed by atoms with E-state index in [0.717, 1.165) is 6.92 Å². The molecule has 0 bridgehead atoms. The highest BCUT2D eigenvalue weighted by atomic mass is 31.2. The number of ether oxygens (including phenoxy) is 2. The molecule has 2 aromatic rings. The van der Waals surface area contributed by atoms with Crippen LogP contribution in [-0.2, 0) is 23.4 Å². The number of alkyl halides is 1. The normalized spacial score (nSPS) is 26.5. The predicted octanol–water partition coefficient (Wildman–Crippen LogP) is 2.47. The molecule has 7 atom stereocenters. The molecule has 1 saturated heterocycles. The molecule has 1 aromatic carbocycles. The molecule has 210 valence electrons. The zero-order valence-electron chi connectivity index (χ0n) is 21.4. The Labute approximate surface area is 217 Å². The number of nitrogens with two attached hydrogens (primary N) is 1. The number of aliphatic hydroxyl groups is 1. The van der Waals surface area contributed by atoms with Gasteiger partial charge in [0.15, 0.2) is 23.5 Å². The lowest BCUT2D eigenvalue weighted by Crippen LogP contribution is -2.45. The highest BCUT2D eigenvalue weighted by molar-refractivity contribution is 7.52. The molecule has 0 spiro atoms. The lowest BCUT2D eigenvalue weighted by atomic mass is 9.96. The number of rotatable bonds is 10. The highest BCUT2D eigenvalue weighted by Gasteiger charge is 2.58. The van der Waals surface area contributed by atoms with Gasteiger partial charge in [0.1, 0.15) is 24.0 Å². The molecule has 0 saturated carbocycles. The topological polar surface area (TPSA) is 164 Å². The fourth-order valence-corrected chi connectivity index (χ4v) is 5.45. The number of halogens is 2. The maximum atomic E-state index is 15.6. The van der Waals surface area contributed by atoms with Crippen LogP contribution in [0.3, 0.4) is 0 Å². The van der Waals surface area contributed by atoms with Gasteiger partial charge in [0.25, 0.3) is 0 Å². The van der Waals surface area contributed by atoms with E-state index < -0.39 is 73.4 Å². The van der Waals surface area contributed by atoms with Crippen LogP contribution in [0.4, 0.5) is 14.6 Å². The largest absolute Gasteiger partial charge is 0.462 e. The van der Waals surface area contributed by atoms with Gasteiger partial charge in [-0.3, -0.25) is 13.9 Å². The van der Waals surface area contributed by atoms with Gasteiger partial charge in [0.2, 0.25) is 0 Å². The Morgan fingerprint density at radius 1 is 1.29 bits per heavy atom. The molecule has 2 heterocycles. The molecule has 1 fully saturated rings. The monoisotopic (exact) mass is 560 g/mol. The van der Waals surface area contributed by atoms with Gasteiger partial charge < -0.3 is 24.8 Å². The summed E-state index contributed by atoms with van der Waals surface area (Å²) < 4.78 is 65.9. The van der Waals surface area contributed by atoms with Crippen LogP contribution in [-0.4, -0.2) is 56.8 Å². The van der Waals surface area contributed by atoms with Crippen LogP contribution >= 0.6 is 7.75 Å². The maximum absolute atomic E-state index is 15.6. The van der Waals surface area contributed by atoms with Gasteiger partial charge in [-0.15, -0.1) is 0 Å². The Hall–Kier alpha value is -2.90. The van der Waals surface area contributed by atoms with Gasteiger partial charge in [-0.1, -0.05) is 18.2 Å². The first-order valence-corrected chi connectivity index (χ1v) is 13.3. The molecule has 1 aromatic heterocycles. The van der Waals surface area contributed by atoms with E-state index in [1.807, 2.05) is 0 Å². The Balaban J connectivity index is 1.88. The quantitative estimate of drug-likeness (QED) is 0.289. The molecule has 1 aliphatic heterocycles. The fraction of sp³-hybridized carbons (Fsp3) is 0.522. The number of hydrogen-bond donors (Lipinski definition) is 3. The fourth-order valence-electron chi connectivity index (χ4n) is 3.76. The number of aliphatic hydroxyl groups excluding tert-OH is 1. The van der Waals surface area contributed by atoms with E-state index in [9.17, 15) is 23.7 Å². The smallest absolute Gasteiger partial charge is 0.459 e. The second-order valence-electron chi connectivity index (χ2n) is 9.26. The Morgan fingerprint density at radius 2 is 1.92 bits per heavy atom. The van der Waals surface area contributed by atoms with Crippen molar-refractivity contribution < 1.29 is 41.8 Å². The standard InChI is InChI=1S/C23H31F2N4O8P/c1-12(2)34-20(31)13(3)28-38(33,37-15-9-7-6-8-10-15)36-14(4)17-18(30)23(5,25)21(35-17)29-11-16(24)19(26)27-22(29)32/h6-14,17-18,21,30H,1-5H3,(H,28,33)(H2,26,27,32)/t13-,14-,17+,18?,21+,23+,38-/m0/s1. The highest BCUT2D eigenvalue weighted by Crippen LogP contribution is 2.49. The van der Waals surface area contributed by atoms with Crippen molar-refractivity contribution in [1.29, 1.82) is 0 Å². The van der Waals surface area contributed by atoms with Crippen molar-refractivity contribution in [3.8, 4) is 5.75 Å². The Kier molecular flexibility index (Phi) is 8.94. The molecular weight excluding hydrogens is 529 g/mol. The number of benzene rings is 1. The van der Waals surface area contributed by atoms with Crippen molar-refractivity contribution in [3.05, 3.63) is 52.8 Å². The van der Waals surface area contributed by atoms with Crippen LogP contribution in [0.15, 0.2) is 41.3 Å². The minimum Gasteiger partial charge on any atom is -0.462 e. The van der Waals surface area contributed by atoms with E-state index in [4.69, 9.17) is 24.3 Å². The van der Waals surface area contributed by atoms with Crippen molar-refractivity contribution in [1.82, 2.24) is 14.6 Å². The van der Waals surface area contributed by atoms with E-state index in [2.05, 4.69) is 10.1 Å². The summed E-state index contributed by atoms with van der Waals surface area (Å²) in [4.78, 5) is 27.9. The Morgan fingerprint density at radius 3 is 2.53 bits per heavy atom. The van der Waals surface area contributed by atoms with Crippen LogP contribution in [0.5, 0.6) is 5.75 Å². The molecule has 1 aliphatic rings. The second-order valence-corrected chi connectivity index (χ2v) is 10.9. The van der Waals surface area contributed by atoms with Crippen LogP contribution in [0.2, 0.25) is 0 Å². The third kappa shape index (κ3) is 6.56. The number of anilines is 1. The lowest BCUT2D eigenvalue weighted by Gasteiger charge is -2.29. The summed E-state index contributed by atoms with van der Waals surface area (Å²) in [6.07, 6.45) is -6.45.